The zero-order valence-corrected chi connectivity index (χ0v) is 15.8. The number of hydrogen-bond acceptors (Lipinski definition) is 6. The Bertz CT molecular complexity index is 691. The van der Waals surface area contributed by atoms with Crippen molar-refractivity contribution in [2.45, 2.75) is 4.34 Å². The maximum absolute atomic E-state index is 12.0. The van der Waals surface area contributed by atoms with Gasteiger partial charge in [0.2, 0.25) is 5.13 Å². The lowest BCUT2D eigenvalue weighted by atomic mass is 10.3. The number of thioether (sulfide) groups is 1. The molecule has 1 aliphatic heterocycles. The molecule has 0 aliphatic carbocycles. The van der Waals surface area contributed by atoms with Crippen molar-refractivity contribution < 1.29 is 14.4 Å². The second-order valence-electron chi connectivity index (χ2n) is 5.42. The highest BCUT2D eigenvalue weighted by Crippen LogP contribution is 2.25. The van der Waals surface area contributed by atoms with E-state index in [4.69, 9.17) is 16.3 Å². The molecule has 0 spiro atoms. The number of nitrogens with one attached hydrogen (secondary N) is 3. The summed E-state index contributed by atoms with van der Waals surface area (Å²) in [5.41, 5.74) is 0.662. The summed E-state index contributed by atoms with van der Waals surface area (Å²) < 4.78 is 6.21. The Morgan fingerprint density at radius 1 is 1.24 bits per heavy atom. The summed E-state index contributed by atoms with van der Waals surface area (Å²) >= 11 is 8.86. The van der Waals surface area contributed by atoms with E-state index in [2.05, 4.69) is 20.8 Å². The summed E-state index contributed by atoms with van der Waals surface area (Å²) in [6.45, 7) is 4.89. The van der Waals surface area contributed by atoms with Crippen LogP contribution in [-0.4, -0.2) is 54.8 Å². The van der Waals surface area contributed by atoms with Gasteiger partial charge in [0.25, 0.3) is 0 Å². The number of morpholine rings is 1. The standard InChI is InChI=1S/C15H18ClN5O2S2/c16-11-1-3-12(4-2-11)17-13(22)18-14-19-20-15(25-14)24-10-7-21-5-8-23-9-6-21/h1-4H,5-10H2,(H2,17,18,19,22)/p+1. The van der Waals surface area contributed by atoms with Gasteiger partial charge >= 0.3 is 6.03 Å². The Morgan fingerprint density at radius 2 is 2.00 bits per heavy atom. The van der Waals surface area contributed by atoms with Gasteiger partial charge in [0.05, 0.1) is 19.8 Å². The molecule has 0 radical (unpaired) electrons. The zero-order chi connectivity index (χ0) is 17.5. The molecule has 1 aromatic carbocycles. The zero-order valence-electron chi connectivity index (χ0n) is 13.5. The average molecular weight is 401 g/mol. The van der Waals surface area contributed by atoms with Crippen molar-refractivity contribution in [1.29, 1.82) is 0 Å². The second-order valence-corrected chi connectivity index (χ2v) is 8.18. The van der Waals surface area contributed by atoms with Crippen LogP contribution in [0, 0.1) is 0 Å². The molecule has 7 nitrogen and oxygen atoms in total. The van der Waals surface area contributed by atoms with Crippen LogP contribution in [-0.2, 0) is 4.74 Å². The molecule has 0 saturated carbocycles. The lowest BCUT2D eigenvalue weighted by Crippen LogP contribution is -3.14. The maximum Gasteiger partial charge on any atom is 0.325 e. The molecule has 0 bridgehead atoms. The summed E-state index contributed by atoms with van der Waals surface area (Å²) in [4.78, 5) is 13.5. The summed E-state index contributed by atoms with van der Waals surface area (Å²) in [5.74, 6) is 0.973. The number of hydrogen-bond donors (Lipinski definition) is 3. The van der Waals surface area contributed by atoms with Crippen LogP contribution >= 0.6 is 34.7 Å². The van der Waals surface area contributed by atoms with Crippen LogP contribution in [0.2, 0.25) is 5.02 Å². The number of carbonyl (C=O) groups excluding carboxylic acids is 1. The van der Waals surface area contributed by atoms with Gasteiger partial charge in [0.1, 0.15) is 13.1 Å². The van der Waals surface area contributed by atoms with E-state index in [-0.39, 0.29) is 6.03 Å². The first-order chi connectivity index (χ1) is 12.2. The third-order valence-electron chi connectivity index (χ3n) is 3.61. The van der Waals surface area contributed by atoms with Crippen molar-refractivity contribution in [3.8, 4) is 0 Å². The van der Waals surface area contributed by atoms with E-state index < -0.39 is 0 Å². The SMILES string of the molecule is O=C(Nc1ccc(Cl)cc1)Nc1nnc(SCC[NH+]2CCOCC2)s1. The molecular formula is C15H19ClN5O2S2+. The van der Waals surface area contributed by atoms with Crippen LogP contribution in [0.4, 0.5) is 15.6 Å². The lowest BCUT2D eigenvalue weighted by molar-refractivity contribution is -0.905. The molecule has 0 atom stereocenters. The smallest absolute Gasteiger partial charge is 0.325 e. The minimum Gasteiger partial charge on any atom is -0.370 e. The highest BCUT2D eigenvalue weighted by molar-refractivity contribution is 8.01. The monoisotopic (exact) mass is 400 g/mol. The van der Waals surface area contributed by atoms with Gasteiger partial charge in [0, 0.05) is 16.5 Å². The van der Waals surface area contributed by atoms with E-state index in [1.54, 1.807) is 40.9 Å². The van der Waals surface area contributed by atoms with Gasteiger partial charge in [-0.15, -0.1) is 10.2 Å². The minimum atomic E-state index is -0.354. The van der Waals surface area contributed by atoms with E-state index in [1.165, 1.54) is 11.3 Å². The quantitative estimate of drug-likeness (QED) is 0.509. The molecule has 25 heavy (non-hydrogen) atoms. The Morgan fingerprint density at radius 3 is 2.76 bits per heavy atom. The maximum atomic E-state index is 12.0. The molecule has 134 valence electrons. The predicted octanol–water partition coefficient (Wildman–Crippen LogP) is 1.84. The van der Waals surface area contributed by atoms with E-state index in [9.17, 15) is 4.79 Å². The van der Waals surface area contributed by atoms with Crippen molar-refractivity contribution in [2.75, 3.05) is 49.2 Å². The summed E-state index contributed by atoms with van der Waals surface area (Å²) in [7, 11) is 0. The Kier molecular flexibility index (Phi) is 6.88. The number of ether oxygens (including phenoxy) is 1. The molecule has 2 amide bonds. The summed E-state index contributed by atoms with van der Waals surface area (Å²) in [5, 5.41) is 14.6. The normalized spacial score (nSPS) is 15.1. The van der Waals surface area contributed by atoms with Gasteiger partial charge in [-0.05, 0) is 24.3 Å². The number of halogens is 1. The minimum absolute atomic E-state index is 0.354. The number of rotatable bonds is 6. The Labute approximate surface area is 159 Å². The molecular weight excluding hydrogens is 382 g/mol. The first-order valence-electron chi connectivity index (χ1n) is 7.90. The molecule has 3 rings (SSSR count). The first kappa shape index (κ1) is 18.4. The fraction of sp³-hybridized carbons (Fsp3) is 0.400. The van der Waals surface area contributed by atoms with E-state index in [1.807, 2.05) is 0 Å². The summed E-state index contributed by atoms with van der Waals surface area (Å²) in [6.07, 6.45) is 0. The van der Waals surface area contributed by atoms with Crippen molar-refractivity contribution in [1.82, 2.24) is 10.2 Å². The highest BCUT2D eigenvalue weighted by Gasteiger charge is 2.14. The molecule has 1 saturated heterocycles. The number of carbonyl (C=O) groups is 1. The number of aromatic nitrogens is 2. The molecule has 10 heteroatoms. The van der Waals surface area contributed by atoms with Gasteiger partial charge in [-0.25, -0.2) is 4.79 Å². The average Bonchev–Trinajstić information content (AvgIpc) is 3.05. The summed E-state index contributed by atoms with van der Waals surface area (Å²) in [6, 6.07) is 6.54. The number of anilines is 2. The molecule has 1 aromatic heterocycles. The largest absolute Gasteiger partial charge is 0.370 e. The molecule has 1 fully saturated rings. The second kappa shape index (κ2) is 9.35. The van der Waals surface area contributed by atoms with Crippen molar-refractivity contribution in [2.24, 2.45) is 0 Å². The number of benzene rings is 1. The van der Waals surface area contributed by atoms with Crippen molar-refractivity contribution in [3.63, 3.8) is 0 Å². The first-order valence-corrected chi connectivity index (χ1v) is 10.1. The van der Waals surface area contributed by atoms with Crippen LogP contribution < -0.4 is 15.5 Å². The van der Waals surface area contributed by atoms with Crippen molar-refractivity contribution in [3.05, 3.63) is 29.3 Å². The van der Waals surface area contributed by atoms with Gasteiger partial charge in [0.15, 0.2) is 4.34 Å². The van der Waals surface area contributed by atoms with Gasteiger partial charge in [-0.3, -0.25) is 5.32 Å². The molecule has 2 aromatic rings. The van der Waals surface area contributed by atoms with Crippen LogP contribution in [0.5, 0.6) is 0 Å². The molecule has 1 aliphatic rings. The number of amides is 2. The van der Waals surface area contributed by atoms with E-state index in [0.717, 1.165) is 42.9 Å². The molecule has 0 unspecified atom stereocenters. The third kappa shape index (κ3) is 6.12. The van der Waals surface area contributed by atoms with Crippen LogP contribution in [0.25, 0.3) is 0 Å². The van der Waals surface area contributed by atoms with Gasteiger partial charge in [-0.1, -0.05) is 34.7 Å². The highest BCUT2D eigenvalue weighted by atomic mass is 35.5. The number of urea groups is 1. The number of nitrogens with zero attached hydrogens (tertiary/aromatic N) is 2. The van der Waals surface area contributed by atoms with E-state index in [0.29, 0.717) is 15.8 Å². The van der Waals surface area contributed by atoms with Crippen molar-refractivity contribution >= 4 is 51.5 Å². The van der Waals surface area contributed by atoms with Gasteiger partial charge < -0.3 is 15.0 Å². The van der Waals surface area contributed by atoms with Gasteiger partial charge in [-0.2, -0.15) is 0 Å². The van der Waals surface area contributed by atoms with Crippen LogP contribution in [0.1, 0.15) is 0 Å². The van der Waals surface area contributed by atoms with Crippen LogP contribution in [0.15, 0.2) is 28.6 Å². The topological polar surface area (TPSA) is 80.6 Å². The van der Waals surface area contributed by atoms with E-state index >= 15 is 0 Å². The fourth-order valence-corrected chi connectivity index (χ4v) is 4.29. The lowest BCUT2D eigenvalue weighted by Gasteiger charge is -2.23. The Balaban J connectivity index is 1.41. The molecule has 3 N–H and O–H groups in total. The van der Waals surface area contributed by atoms with Crippen LogP contribution in [0.3, 0.4) is 0 Å². The fourth-order valence-electron chi connectivity index (χ4n) is 2.30. The third-order valence-corrected chi connectivity index (χ3v) is 5.84. The number of quaternary nitrogens is 1. The Hall–Kier alpha value is -1.39. The predicted molar refractivity (Wildman–Crippen MR) is 101 cm³/mol. The molecule has 2 heterocycles.